The van der Waals surface area contributed by atoms with Crippen molar-refractivity contribution in [1.82, 2.24) is 4.90 Å². The smallest absolute Gasteiger partial charge is 0.256 e. The average Bonchev–Trinajstić information content (AvgIpc) is 2.49. The number of amides is 1. The van der Waals surface area contributed by atoms with Crippen molar-refractivity contribution in [2.24, 2.45) is 0 Å². The molecule has 2 N–H and O–H groups in total. The van der Waals surface area contributed by atoms with Gasteiger partial charge in [0.1, 0.15) is 5.75 Å². The SMILES string of the molecule is COc1cccc(CN(C)C(=O)c2cc(Cl)ccc2N)c1. The summed E-state index contributed by atoms with van der Waals surface area (Å²) < 4.78 is 5.18. The highest BCUT2D eigenvalue weighted by Crippen LogP contribution is 2.20. The van der Waals surface area contributed by atoms with Crippen LogP contribution < -0.4 is 10.5 Å². The van der Waals surface area contributed by atoms with Crippen LogP contribution in [0.4, 0.5) is 5.69 Å². The van der Waals surface area contributed by atoms with Crippen LogP contribution >= 0.6 is 11.6 Å². The van der Waals surface area contributed by atoms with Crippen molar-refractivity contribution in [2.75, 3.05) is 19.9 Å². The molecule has 0 atom stereocenters. The van der Waals surface area contributed by atoms with E-state index < -0.39 is 0 Å². The number of benzene rings is 2. The summed E-state index contributed by atoms with van der Waals surface area (Å²) in [5, 5.41) is 0.488. The average molecular weight is 305 g/mol. The Morgan fingerprint density at radius 1 is 1.29 bits per heavy atom. The number of nitrogens with two attached hydrogens (primary N) is 1. The van der Waals surface area contributed by atoms with Crippen LogP contribution in [0.3, 0.4) is 0 Å². The number of anilines is 1. The molecule has 0 saturated carbocycles. The van der Waals surface area contributed by atoms with Gasteiger partial charge in [0.25, 0.3) is 5.91 Å². The molecule has 5 heteroatoms. The highest BCUT2D eigenvalue weighted by Gasteiger charge is 2.15. The Morgan fingerprint density at radius 2 is 2.05 bits per heavy atom. The second-order valence-corrected chi connectivity index (χ2v) is 5.18. The van der Waals surface area contributed by atoms with Gasteiger partial charge in [-0.2, -0.15) is 0 Å². The largest absolute Gasteiger partial charge is 0.497 e. The molecule has 1 amide bonds. The van der Waals surface area contributed by atoms with Gasteiger partial charge in [-0.1, -0.05) is 23.7 Å². The molecule has 0 fully saturated rings. The van der Waals surface area contributed by atoms with Gasteiger partial charge in [0, 0.05) is 24.3 Å². The monoisotopic (exact) mass is 304 g/mol. The molecular formula is C16H17ClN2O2. The lowest BCUT2D eigenvalue weighted by molar-refractivity contribution is 0.0786. The fraction of sp³-hybridized carbons (Fsp3) is 0.188. The molecule has 2 aromatic carbocycles. The zero-order valence-corrected chi connectivity index (χ0v) is 12.7. The minimum Gasteiger partial charge on any atom is -0.497 e. The maximum absolute atomic E-state index is 12.4. The Balaban J connectivity index is 2.17. The Morgan fingerprint density at radius 3 is 2.76 bits per heavy atom. The first-order valence-electron chi connectivity index (χ1n) is 6.44. The zero-order valence-electron chi connectivity index (χ0n) is 12.0. The van der Waals surface area contributed by atoms with Crippen LogP contribution in [0, 0.1) is 0 Å². The number of hydrogen-bond donors (Lipinski definition) is 1. The maximum Gasteiger partial charge on any atom is 0.256 e. The molecule has 2 rings (SSSR count). The lowest BCUT2D eigenvalue weighted by Gasteiger charge is -2.19. The molecule has 0 unspecified atom stereocenters. The van der Waals surface area contributed by atoms with E-state index in [-0.39, 0.29) is 5.91 Å². The molecule has 0 aromatic heterocycles. The first-order valence-corrected chi connectivity index (χ1v) is 6.82. The highest BCUT2D eigenvalue weighted by molar-refractivity contribution is 6.31. The van der Waals surface area contributed by atoms with E-state index in [1.54, 1.807) is 37.3 Å². The van der Waals surface area contributed by atoms with Crippen molar-refractivity contribution < 1.29 is 9.53 Å². The van der Waals surface area contributed by atoms with Crippen LogP contribution in [-0.4, -0.2) is 25.0 Å². The first kappa shape index (κ1) is 15.2. The number of halogens is 1. The molecule has 4 nitrogen and oxygen atoms in total. The summed E-state index contributed by atoms with van der Waals surface area (Å²) >= 11 is 5.92. The molecule has 0 aliphatic carbocycles. The van der Waals surface area contributed by atoms with Gasteiger partial charge in [0.15, 0.2) is 0 Å². The third-order valence-electron chi connectivity index (χ3n) is 3.15. The third-order valence-corrected chi connectivity index (χ3v) is 3.38. The van der Waals surface area contributed by atoms with Crippen molar-refractivity contribution in [1.29, 1.82) is 0 Å². The van der Waals surface area contributed by atoms with Gasteiger partial charge in [-0.15, -0.1) is 0 Å². The van der Waals surface area contributed by atoms with Crippen LogP contribution in [0.5, 0.6) is 5.75 Å². The van der Waals surface area contributed by atoms with Crippen molar-refractivity contribution in [3.8, 4) is 5.75 Å². The number of hydrogen-bond acceptors (Lipinski definition) is 3. The number of methoxy groups -OCH3 is 1. The van der Waals surface area contributed by atoms with E-state index in [2.05, 4.69) is 0 Å². The number of carbonyl (C=O) groups excluding carboxylic acids is 1. The molecule has 0 aliphatic rings. The lowest BCUT2D eigenvalue weighted by atomic mass is 10.1. The molecule has 0 saturated heterocycles. The van der Waals surface area contributed by atoms with Crippen LogP contribution in [-0.2, 0) is 6.54 Å². The van der Waals surface area contributed by atoms with Crippen molar-refractivity contribution >= 4 is 23.2 Å². The highest BCUT2D eigenvalue weighted by atomic mass is 35.5. The predicted octanol–water partition coefficient (Wildman–Crippen LogP) is 3.20. The lowest BCUT2D eigenvalue weighted by Crippen LogP contribution is -2.27. The van der Waals surface area contributed by atoms with E-state index in [9.17, 15) is 4.79 Å². The predicted molar refractivity (Wildman–Crippen MR) is 84.7 cm³/mol. The molecule has 0 spiro atoms. The topological polar surface area (TPSA) is 55.6 Å². The fourth-order valence-electron chi connectivity index (χ4n) is 2.04. The number of rotatable bonds is 4. The Labute approximate surface area is 129 Å². The van der Waals surface area contributed by atoms with E-state index in [1.807, 2.05) is 24.3 Å². The first-order chi connectivity index (χ1) is 10.0. The summed E-state index contributed by atoms with van der Waals surface area (Å²) in [4.78, 5) is 14.0. The summed E-state index contributed by atoms with van der Waals surface area (Å²) in [5.41, 5.74) is 7.65. The second kappa shape index (κ2) is 6.50. The van der Waals surface area contributed by atoms with Crippen LogP contribution in [0.2, 0.25) is 5.02 Å². The van der Waals surface area contributed by atoms with Crippen LogP contribution in [0.15, 0.2) is 42.5 Å². The van der Waals surface area contributed by atoms with Crippen LogP contribution in [0.25, 0.3) is 0 Å². The molecule has 0 radical (unpaired) electrons. The van der Waals surface area contributed by atoms with Gasteiger partial charge < -0.3 is 15.4 Å². The van der Waals surface area contributed by atoms with Gasteiger partial charge >= 0.3 is 0 Å². The molecule has 21 heavy (non-hydrogen) atoms. The van der Waals surface area contributed by atoms with E-state index in [0.717, 1.165) is 11.3 Å². The van der Waals surface area contributed by atoms with Crippen molar-refractivity contribution in [3.63, 3.8) is 0 Å². The van der Waals surface area contributed by atoms with Crippen LogP contribution in [0.1, 0.15) is 15.9 Å². The van der Waals surface area contributed by atoms with Gasteiger partial charge in [-0.3, -0.25) is 4.79 Å². The summed E-state index contributed by atoms with van der Waals surface area (Å²) in [6.45, 7) is 0.460. The van der Waals surface area contributed by atoms with Gasteiger partial charge in [0.2, 0.25) is 0 Å². The van der Waals surface area contributed by atoms with Gasteiger partial charge in [-0.25, -0.2) is 0 Å². The molecule has 110 valence electrons. The molecule has 0 heterocycles. The minimum absolute atomic E-state index is 0.169. The third kappa shape index (κ3) is 3.67. The fourth-order valence-corrected chi connectivity index (χ4v) is 2.21. The molecule has 0 bridgehead atoms. The Hall–Kier alpha value is -2.20. The maximum atomic E-state index is 12.4. The van der Waals surface area contributed by atoms with Gasteiger partial charge in [0.05, 0.1) is 12.7 Å². The quantitative estimate of drug-likeness (QED) is 0.883. The van der Waals surface area contributed by atoms with E-state index in [4.69, 9.17) is 22.1 Å². The molecule has 2 aromatic rings. The molecular weight excluding hydrogens is 288 g/mol. The van der Waals surface area contributed by atoms with E-state index in [0.29, 0.717) is 22.8 Å². The number of carbonyl (C=O) groups is 1. The summed E-state index contributed by atoms with van der Waals surface area (Å²) in [5.74, 6) is 0.591. The standard InChI is InChI=1S/C16H17ClN2O2/c1-19(10-11-4-3-5-13(8-11)21-2)16(20)14-9-12(17)6-7-15(14)18/h3-9H,10,18H2,1-2H3. The van der Waals surface area contributed by atoms with Crippen molar-refractivity contribution in [2.45, 2.75) is 6.54 Å². The number of ether oxygens (including phenoxy) is 1. The number of nitrogens with zero attached hydrogens (tertiary/aromatic N) is 1. The summed E-state index contributed by atoms with van der Waals surface area (Å²) in [7, 11) is 3.34. The van der Waals surface area contributed by atoms with Gasteiger partial charge in [-0.05, 0) is 35.9 Å². The van der Waals surface area contributed by atoms with E-state index >= 15 is 0 Å². The zero-order chi connectivity index (χ0) is 15.4. The number of nitrogen functional groups attached to an aromatic ring is 1. The minimum atomic E-state index is -0.169. The summed E-state index contributed by atoms with van der Waals surface area (Å²) in [6.07, 6.45) is 0. The van der Waals surface area contributed by atoms with Crippen molar-refractivity contribution in [3.05, 3.63) is 58.6 Å². The van der Waals surface area contributed by atoms with E-state index in [1.165, 1.54) is 0 Å². The summed E-state index contributed by atoms with van der Waals surface area (Å²) in [6, 6.07) is 12.5. The molecule has 0 aliphatic heterocycles. The normalized spacial score (nSPS) is 10.2. The Bertz CT molecular complexity index is 658. The Kier molecular flexibility index (Phi) is 4.70. The second-order valence-electron chi connectivity index (χ2n) is 4.74.